The third-order valence-corrected chi connectivity index (χ3v) is 8.52. The molecular weight excluding hydrogens is 472 g/mol. The van der Waals surface area contributed by atoms with Crippen LogP contribution >= 0.6 is 11.6 Å². The molecule has 6 nitrogen and oxygen atoms in total. The zero-order valence-electron chi connectivity index (χ0n) is 21.2. The average molecular weight is 509 g/mol. The van der Waals surface area contributed by atoms with Crippen LogP contribution in [0.15, 0.2) is 48.5 Å². The maximum Gasteiger partial charge on any atom is 0.254 e. The summed E-state index contributed by atoms with van der Waals surface area (Å²) in [5.74, 6) is 0.492. The Morgan fingerprint density at radius 2 is 1.61 bits per heavy atom. The number of nitrogens with zero attached hydrogens (tertiary/aromatic N) is 4. The molecule has 3 aliphatic rings. The van der Waals surface area contributed by atoms with Gasteiger partial charge in [0, 0.05) is 35.4 Å². The van der Waals surface area contributed by atoms with Gasteiger partial charge in [-0.05, 0) is 107 Å². The van der Waals surface area contributed by atoms with Crippen molar-refractivity contribution in [1.82, 2.24) is 14.7 Å². The Morgan fingerprint density at radius 1 is 0.917 bits per heavy atom. The number of hydrogen-bond donors (Lipinski definition) is 0. The smallest absolute Gasteiger partial charge is 0.254 e. The molecule has 3 heterocycles. The summed E-state index contributed by atoms with van der Waals surface area (Å²) in [6.45, 7) is 5.98. The number of para-hydroxylation sites is 1. The highest BCUT2D eigenvalue weighted by molar-refractivity contribution is 6.30. The van der Waals surface area contributed by atoms with Gasteiger partial charge >= 0.3 is 0 Å². The number of halogens is 1. The van der Waals surface area contributed by atoms with E-state index in [0.717, 1.165) is 23.7 Å². The number of carbonyl (C=O) groups excluding carboxylic acids is 2. The molecule has 0 saturated carbocycles. The van der Waals surface area contributed by atoms with Gasteiger partial charge in [0.05, 0.1) is 0 Å². The number of carbonyl (C=O) groups is 2. The molecule has 2 aromatic rings. The summed E-state index contributed by atoms with van der Waals surface area (Å²) in [6.07, 6.45) is 5.98. The SMILES string of the molecule is CN1CCC(N2CCC(CCN3C(=O)CN(C(=O)c4ccc(Cl)cc4)Cc4ccccc43)CC2)CC1. The molecule has 0 radical (unpaired) electrons. The van der Waals surface area contributed by atoms with Crippen LogP contribution < -0.4 is 4.90 Å². The molecule has 0 atom stereocenters. The van der Waals surface area contributed by atoms with E-state index >= 15 is 0 Å². The molecule has 2 saturated heterocycles. The Kier molecular flexibility index (Phi) is 7.94. The van der Waals surface area contributed by atoms with Gasteiger partial charge in [0.2, 0.25) is 5.91 Å². The zero-order valence-corrected chi connectivity index (χ0v) is 22.0. The minimum atomic E-state index is -0.141. The van der Waals surface area contributed by atoms with Gasteiger partial charge in [-0.15, -0.1) is 0 Å². The zero-order chi connectivity index (χ0) is 25.1. The molecule has 192 valence electrons. The average Bonchev–Trinajstić information content (AvgIpc) is 3.04. The normalized spacial score (nSPS) is 20.9. The Morgan fingerprint density at radius 3 is 2.33 bits per heavy atom. The van der Waals surface area contributed by atoms with Gasteiger partial charge in [-0.25, -0.2) is 0 Å². The molecule has 0 unspecified atom stereocenters. The summed E-state index contributed by atoms with van der Waals surface area (Å²) in [6, 6.07) is 15.6. The number of likely N-dealkylation sites (tertiary alicyclic amines) is 2. The molecule has 0 aliphatic carbocycles. The number of benzene rings is 2. The van der Waals surface area contributed by atoms with Gasteiger partial charge in [0.25, 0.3) is 5.91 Å². The van der Waals surface area contributed by atoms with Crippen molar-refractivity contribution in [2.24, 2.45) is 5.92 Å². The Hall–Kier alpha value is -2.41. The molecule has 3 aliphatic heterocycles. The lowest BCUT2D eigenvalue weighted by Gasteiger charge is -2.41. The lowest BCUT2D eigenvalue weighted by atomic mass is 9.91. The number of anilines is 1. The van der Waals surface area contributed by atoms with Gasteiger partial charge in [0.1, 0.15) is 6.54 Å². The molecule has 5 rings (SSSR count). The lowest BCUT2D eigenvalue weighted by molar-refractivity contribution is -0.119. The van der Waals surface area contributed by atoms with Gasteiger partial charge in [0.15, 0.2) is 0 Å². The van der Waals surface area contributed by atoms with Gasteiger partial charge in [-0.3, -0.25) is 9.59 Å². The maximum atomic E-state index is 13.4. The number of piperidine rings is 2. The minimum absolute atomic E-state index is 0.00831. The second kappa shape index (κ2) is 11.3. The summed E-state index contributed by atoms with van der Waals surface area (Å²) < 4.78 is 0. The highest BCUT2D eigenvalue weighted by Crippen LogP contribution is 2.30. The van der Waals surface area contributed by atoms with Crippen LogP contribution in [-0.2, 0) is 11.3 Å². The van der Waals surface area contributed by atoms with Crippen LogP contribution in [0.2, 0.25) is 5.02 Å². The monoisotopic (exact) mass is 508 g/mol. The largest absolute Gasteiger partial charge is 0.325 e. The van der Waals surface area contributed by atoms with Gasteiger partial charge in [-0.2, -0.15) is 0 Å². The number of fused-ring (bicyclic) bond motifs is 1. The third-order valence-electron chi connectivity index (χ3n) is 8.26. The molecule has 2 fully saturated rings. The fraction of sp³-hybridized carbons (Fsp3) is 0.517. The second-order valence-electron chi connectivity index (χ2n) is 10.6. The summed E-state index contributed by atoms with van der Waals surface area (Å²) in [4.78, 5) is 35.4. The number of hydrogen-bond acceptors (Lipinski definition) is 4. The van der Waals surface area contributed by atoms with Crippen molar-refractivity contribution in [3.63, 3.8) is 0 Å². The number of amides is 2. The molecule has 2 amide bonds. The maximum absolute atomic E-state index is 13.4. The second-order valence-corrected chi connectivity index (χ2v) is 11.1. The molecule has 0 spiro atoms. The molecule has 7 heteroatoms. The van der Waals surface area contributed by atoms with E-state index in [1.54, 1.807) is 29.2 Å². The van der Waals surface area contributed by atoms with Crippen molar-refractivity contribution in [1.29, 1.82) is 0 Å². The van der Waals surface area contributed by atoms with Crippen molar-refractivity contribution in [3.8, 4) is 0 Å². The van der Waals surface area contributed by atoms with Crippen molar-refractivity contribution in [2.75, 3.05) is 51.2 Å². The first kappa shape index (κ1) is 25.2. The van der Waals surface area contributed by atoms with Crippen LogP contribution in [-0.4, -0.2) is 78.9 Å². The number of rotatable bonds is 5. The fourth-order valence-corrected chi connectivity index (χ4v) is 6.12. The Balaban J connectivity index is 1.21. The van der Waals surface area contributed by atoms with E-state index in [0.29, 0.717) is 29.6 Å². The Labute approximate surface area is 219 Å². The molecule has 36 heavy (non-hydrogen) atoms. The third kappa shape index (κ3) is 5.77. The van der Waals surface area contributed by atoms with Gasteiger partial charge in [-0.1, -0.05) is 29.8 Å². The standard InChI is InChI=1S/C29H37ClN4O2/c1-31-15-13-26(14-16-31)32-17-10-22(11-18-32)12-19-34-27-5-3-2-4-24(27)20-33(21-28(34)35)29(36)23-6-8-25(30)9-7-23/h2-9,22,26H,10-21H2,1H3. The van der Waals surface area contributed by atoms with Crippen molar-refractivity contribution in [3.05, 3.63) is 64.7 Å². The van der Waals surface area contributed by atoms with Crippen LogP contribution in [0.4, 0.5) is 5.69 Å². The van der Waals surface area contributed by atoms with E-state index in [1.165, 1.54) is 51.9 Å². The first-order valence-corrected chi connectivity index (χ1v) is 13.7. The first-order valence-electron chi connectivity index (χ1n) is 13.3. The van der Waals surface area contributed by atoms with E-state index in [-0.39, 0.29) is 18.4 Å². The van der Waals surface area contributed by atoms with Crippen LogP contribution in [0.25, 0.3) is 0 Å². The van der Waals surface area contributed by atoms with Crippen LogP contribution in [0.3, 0.4) is 0 Å². The topological polar surface area (TPSA) is 47.1 Å². The quantitative estimate of drug-likeness (QED) is 0.595. The van der Waals surface area contributed by atoms with E-state index in [1.807, 2.05) is 29.2 Å². The van der Waals surface area contributed by atoms with E-state index in [2.05, 4.69) is 16.8 Å². The van der Waals surface area contributed by atoms with Crippen LogP contribution in [0.5, 0.6) is 0 Å². The van der Waals surface area contributed by atoms with Crippen molar-refractivity contribution in [2.45, 2.75) is 44.7 Å². The van der Waals surface area contributed by atoms with Crippen molar-refractivity contribution < 1.29 is 9.59 Å². The summed E-state index contributed by atoms with van der Waals surface area (Å²) in [7, 11) is 2.22. The lowest BCUT2D eigenvalue weighted by Crippen LogP contribution is -2.47. The Bertz CT molecular complexity index is 1060. The van der Waals surface area contributed by atoms with Crippen LogP contribution in [0.1, 0.15) is 48.0 Å². The summed E-state index contributed by atoms with van der Waals surface area (Å²) in [5.41, 5.74) is 2.51. The highest BCUT2D eigenvalue weighted by atomic mass is 35.5. The highest BCUT2D eigenvalue weighted by Gasteiger charge is 2.31. The molecule has 2 aromatic carbocycles. The molecule has 0 bridgehead atoms. The molecule has 0 N–H and O–H groups in total. The summed E-state index contributed by atoms with van der Waals surface area (Å²) in [5, 5.41) is 0.590. The van der Waals surface area contributed by atoms with Crippen molar-refractivity contribution >= 4 is 29.1 Å². The summed E-state index contributed by atoms with van der Waals surface area (Å²) >= 11 is 6.00. The van der Waals surface area contributed by atoms with E-state index in [9.17, 15) is 9.59 Å². The van der Waals surface area contributed by atoms with E-state index < -0.39 is 0 Å². The molecular formula is C29H37ClN4O2. The minimum Gasteiger partial charge on any atom is -0.325 e. The molecule has 0 aromatic heterocycles. The predicted molar refractivity (Wildman–Crippen MR) is 144 cm³/mol. The van der Waals surface area contributed by atoms with Gasteiger partial charge < -0.3 is 19.6 Å². The fourth-order valence-electron chi connectivity index (χ4n) is 5.99. The first-order chi connectivity index (χ1) is 17.5. The predicted octanol–water partition coefficient (Wildman–Crippen LogP) is 4.53. The van der Waals surface area contributed by atoms with E-state index in [4.69, 9.17) is 11.6 Å². The van der Waals surface area contributed by atoms with Crippen LogP contribution in [0, 0.1) is 5.92 Å².